The number of aromatic nitrogens is 2. The van der Waals surface area contributed by atoms with E-state index in [-0.39, 0.29) is 18.3 Å². The largest absolute Gasteiger partial charge is 0.391 e. The minimum atomic E-state index is -0.624. The third-order valence-corrected chi connectivity index (χ3v) is 5.46. The Balaban J connectivity index is 0.00000208. The van der Waals surface area contributed by atoms with Crippen LogP contribution in [0.5, 0.6) is 0 Å². The van der Waals surface area contributed by atoms with Crippen LogP contribution in [0.2, 0.25) is 0 Å². The molecule has 1 aromatic heterocycles. The summed E-state index contributed by atoms with van der Waals surface area (Å²) >= 11 is 0. The van der Waals surface area contributed by atoms with Crippen LogP contribution in [0.15, 0.2) is 18.5 Å². The van der Waals surface area contributed by atoms with E-state index in [0.717, 1.165) is 38.8 Å². The minimum Gasteiger partial charge on any atom is -0.391 e. The summed E-state index contributed by atoms with van der Waals surface area (Å²) in [6.07, 6.45) is 10.4. The van der Waals surface area contributed by atoms with Crippen LogP contribution in [0.3, 0.4) is 0 Å². The fraction of sp³-hybridized carbons (Fsp3) is 0.765. The SMILES string of the molecule is Cl.O=C(NCC(O)C1CCCCC1)C1(n2cccn2)CCNCC1. The maximum absolute atomic E-state index is 12.9. The number of piperidine rings is 1. The summed E-state index contributed by atoms with van der Waals surface area (Å²) in [5, 5.41) is 21.0. The number of aliphatic hydroxyl groups excluding tert-OH is 1. The van der Waals surface area contributed by atoms with Crippen LogP contribution in [-0.4, -0.2) is 46.5 Å². The van der Waals surface area contributed by atoms with Gasteiger partial charge in [-0.15, -0.1) is 12.4 Å². The molecule has 136 valence electrons. The lowest BCUT2D eigenvalue weighted by Gasteiger charge is -2.37. The second-order valence-electron chi connectivity index (χ2n) is 6.91. The number of hydrogen-bond donors (Lipinski definition) is 3. The van der Waals surface area contributed by atoms with Crippen molar-refractivity contribution in [2.75, 3.05) is 19.6 Å². The fourth-order valence-electron chi connectivity index (χ4n) is 3.97. The molecule has 1 saturated carbocycles. The van der Waals surface area contributed by atoms with Crippen LogP contribution in [0.25, 0.3) is 0 Å². The van der Waals surface area contributed by atoms with Gasteiger partial charge >= 0.3 is 0 Å². The molecule has 1 atom stereocenters. The Morgan fingerprint density at radius 1 is 1.33 bits per heavy atom. The molecule has 0 spiro atoms. The molecule has 3 rings (SSSR count). The van der Waals surface area contributed by atoms with E-state index in [0.29, 0.717) is 12.5 Å². The molecule has 1 unspecified atom stereocenters. The zero-order valence-corrected chi connectivity index (χ0v) is 14.9. The van der Waals surface area contributed by atoms with Crippen molar-refractivity contribution in [1.82, 2.24) is 20.4 Å². The van der Waals surface area contributed by atoms with E-state index in [1.54, 1.807) is 10.9 Å². The molecule has 7 heteroatoms. The van der Waals surface area contributed by atoms with E-state index in [2.05, 4.69) is 15.7 Å². The molecule has 6 nitrogen and oxygen atoms in total. The molecular formula is C17H29ClN4O2. The number of nitrogens with zero attached hydrogens (tertiary/aromatic N) is 2. The van der Waals surface area contributed by atoms with Crippen molar-refractivity contribution in [3.8, 4) is 0 Å². The standard InChI is InChI=1S/C17H28N4O2.ClH/c22-15(14-5-2-1-3-6-14)13-19-16(23)17(7-10-18-11-8-17)21-12-4-9-20-21;/h4,9,12,14-15,18,22H,1-3,5-8,10-11,13H2,(H,19,23);1H. The van der Waals surface area contributed by atoms with E-state index < -0.39 is 11.6 Å². The first-order valence-corrected chi connectivity index (χ1v) is 8.89. The molecule has 1 aromatic rings. The molecule has 0 bridgehead atoms. The molecule has 2 heterocycles. The van der Waals surface area contributed by atoms with Gasteiger partial charge in [-0.3, -0.25) is 9.48 Å². The summed E-state index contributed by atoms with van der Waals surface area (Å²) in [7, 11) is 0. The maximum atomic E-state index is 12.9. The van der Waals surface area contributed by atoms with Gasteiger partial charge in [0.15, 0.2) is 0 Å². The highest BCUT2D eigenvalue weighted by Gasteiger charge is 2.42. The quantitative estimate of drug-likeness (QED) is 0.746. The molecule has 0 radical (unpaired) electrons. The van der Waals surface area contributed by atoms with Gasteiger partial charge in [0, 0.05) is 18.9 Å². The van der Waals surface area contributed by atoms with Crippen LogP contribution in [-0.2, 0) is 10.3 Å². The van der Waals surface area contributed by atoms with Crippen molar-refractivity contribution in [1.29, 1.82) is 0 Å². The van der Waals surface area contributed by atoms with Gasteiger partial charge in [0.1, 0.15) is 5.54 Å². The van der Waals surface area contributed by atoms with Crippen molar-refractivity contribution >= 4 is 18.3 Å². The van der Waals surface area contributed by atoms with Crippen LogP contribution in [0.4, 0.5) is 0 Å². The van der Waals surface area contributed by atoms with E-state index in [9.17, 15) is 9.90 Å². The number of carbonyl (C=O) groups excluding carboxylic acids is 1. The highest BCUT2D eigenvalue weighted by atomic mass is 35.5. The van der Waals surface area contributed by atoms with Gasteiger partial charge in [0.05, 0.1) is 6.10 Å². The second kappa shape index (κ2) is 8.83. The van der Waals surface area contributed by atoms with Gasteiger partial charge in [0.25, 0.3) is 0 Å². The Morgan fingerprint density at radius 3 is 2.67 bits per heavy atom. The smallest absolute Gasteiger partial charge is 0.248 e. The summed E-state index contributed by atoms with van der Waals surface area (Å²) in [5.74, 6) is 0.315. The zero-order valence-electron chi connectivity index (χ0n) is 14.1. The Morgan fingerprint density at radius 2 is 2.04 bits per heavy atom. The molecule has 1 aliphatic carbocycles. The van der Waals surface area contributed by atoms with Crippen LogP contribution in [0.1, 0.15) is 44.9 Å². The fourth-order valence-corrected chi connectivity index (χ4v) is 3.97. The molecule has 1 saturated heterocycles. The van der Waals surface area contributed by atoms with Crippen molar-refractivity contribution in [3.05, 3.63) is 18.5 Å². The van der Waals surface area contributed by atoms with Gasteiger partial charge in [-0.1, -0.05) is 19.3 Å². The van der Waals surface area contributed by atoms with E-state index in [1.165, 1.54) is 19.3 Å². The molecule has 0 aromatic carbocycles. The number of aliphatic hydroxyl groups is 1. The molecule has 2 aliphatic rings. The average Bonchev–Trinajstić information content (AvgIpc) is 3.16. The van der Waals surface area contributed by atoms with Gasteiger partial charge in [0.2, 0.25) is 5.91 Å². The third-order valence-electron chi connectivity index (χ3n) is 5.46. The zero-order chi connectivity index (χ0) is 16.1. The van der Waals surface area contributed by atoms with Gasteiger partial charge in [-0.25, -0.2) is 0 Å². The Bertz CT molecular complexity index is 497. The number of rotatable bonds is 5. The van der Waals surface area contributed by atoms with E-state index >= 15 is 0 Å². The van der Waals surface area contributed by atoms with E-state index in [4.69, 9.17) is 0 Å². The van der Waals surface area contributed by atoms with Crippen LogP contribution < -0.4 is 10.6 Å². The Hall–Kier alpha value is -1.11. The predicted octanol–water partition coefficient (Wildman–Crippen LogP) is 1.44. The van der Waals surface area contributed by atoms with Crippen molar-refractivity contribution in [3.63, 3.8) is 0 Å². The van der Waals surface area contributed by atoms with Gasteiger partial charge < -0.3 is 15.7 Å². The van der Waals surface area contributed by atoms with Crippen molar-refractivity contribution < 1.29 is 9.90 Å². The average molecular weight is 357 g/mol. The highest BCUT2D eigenvalue weighted by molar-refractivity contribution is 5.85. The Kier molecular flexibility index (Phi) is 7.07. The molecule has 2 fully saturated rings. The topological polar surface area (TPSA) is 79.2 Å². The van der Waals surface area contributed by atoms with Crippen LogP contribution >= 0.6 is 12.4 Å². The van der Waals surface area contributed by atoms with Crippen molar-refractivity contribution in [2.45, 2.75) is 56.6 Å². The molecule has 24 heavy (non-hydrogen) atoms. The summed E-state index contributed by atoms with van der Waals surface area (Å²) in [6.45, 7) is 1.96. The first kappa shape index (κ1) is 19.2. The highest BCUT2D eigenvalue weighted by Crippen LogP contribution is 2.28. The van der Waals surface area contributed by atoms with E-state index in [1.807, 2.05) is 12.3 Å². The second-order valence-corrected chi connectivity index (χ2v) is 6.91. The maximum Gasteiger partial charge on any atom is 0.248 e. The van der Waals surface area contributed by atoms with Gasteiger partial charge in [-0.2, -0.15) is 5.10 Å². The first-order valence-electron chi connectivity index (χ1n) is 8.89. The summed E-state index contributed by atoms with van der Waals surface area (Å²) in [5.41, 5.74) is -0.624. The third kappa shape index (κ3) is 4.10. The number of amides is 1. The first-order chi connectivity index (χ1) is 11.2. The monoisotopic (exact) mass is 356 g/mol. The number of nitrogens with one attached hydrogen (secondary N) is 2. The summed E-state index contributed by atoms with van der Waals surface area (Å²) in [6, 6.07) is 1.86. The molecular weight excluding hydrogens is 328 g/mol. The van der Waals surface area contributed by atoms with Crippen molar-refractivity contribution in [2.24, 2.45) is 5.92 Å². The van der Waals surface area contributed by atoms with Gasteiger partial charge in [-0.05, 0) is 50.8 Å². The van der Waals surface area contributed by atoms with Crippen LogP contribution in [0, 0.1) is 5.92 Å². The molecule has 1 aliphatic heterocycles. The number of halogens is 1. The lowest BCUT2D eigenvalue weighted by atomic mass is 9.84. The number of carbonyl (C=O) groups is 1. The summed E-state index contributed by atoms with van der Waals surface area (Å²) < 4.78 is 1.79. The Labute approximate surface area is 149 Å². The lowest BCUT2D eigenvalue weighted by molar-refractivity contribution is -0.132. The number of hydrogen-bond acceptors (Lipinski definition) is 4. The molecule has 3 N–H and O–H groups in total. The predicted molar refractivity (Wildman–Crippen MR) is 95.1 cm³/mol. The normalized spacial score (nSPS) is 22.4. The lowest BCUT2D eigenvalue weighted by Crippen LogP contribution is -2.55. The summed E-state index contributed by atoms with van der Waals surface area (Å²) in [4.78, 5) is 12.9. The molecule has 1 amide bonds. The minimum absolute atomic E-state index is 0.